The molecule has 0 atom stereocenters. The molecule has 30 heavy (non-hydrogen) atoms. The molecular formula is C23H17ClN2O3S. The smallest absolute Gasteiger partial charge is 0.270 e. The van der Waals surface area contributed by atoms with E-state index in [4.69, 9.17) is 28.2 Å². The number of carbonyl (C=O) groups is 2. The third-order valence-electron chi connectivity index (χ3n) is 4.73. The first-order valence-corrected chi connectivity index (χ1v) is 9.96. The highest BCUT2D eigenvalue weighted by Crippen LogP contribution is 2.28. The largest absolute Gasteiger partial charge is 0.457 e. The predicted octanol–water partition coefficient (Wildman–Crippen LogP) is 5.05. The number of nitrogens with one attached hydrogen (secondary N) is 1. The van der Waals surface area contributed by atoms with Crippen molar-refractivity contribution < 1.29 is 14.0 Å². The van der Waals surface area contributed by atoms with Crippen molar-refractivity contribution in [3.8, 4) is 11.3 Å². The van der Waals surface area contributed by atoms with Gasteiger partial charge in [0.25, 0.3) is 11.8 Å². The zero-order chi connectivity index (χ0) is 21.4. The first-order chi connectivity index (χ1) is 14.3. The topological polar surface area (TPSA) is 62.6 Å². The standard InChI is InChI=1S/C23H17ClN2O3S/c1-13-6-7-14(2)19(10-13)26-22(28)18(21(27)25-23(26)30)12-17-8-9-20(29-17)15-4-3-5-16(24)11-15/h3-12H,1-2H3,(H,25,27,30)/b18-12+. The van der Waals surface area contributed by atoms with Crippen LogP contribution in [-0.4, -0.2) is 16.9 Å². The zero-order valence-corrected chi connectivity index (χ0v) is 17.8. The molecule has 1 saturated heterocycles. The Kier molecular flexibility index (Phi) is 5.28. The molecule has 0 spiro atoms. The lowest BCUT2D eigenvalue weighted by atomic mass is 10.1. The van der Waals surface area contributed by atoms with Crippen LogP contribution in [0.1, 0.15) is 16.9 Å². The van der Waals surface area contributed by atoms with E-state index in [0.717, 1.165) is 16.7 Å². The molecule has 0 unspecified atom stereocenters. The summed E-state index contributed by atoms with van der Waals surface area (Å²) in [5, 5.41) is 3.23. The van der Waals surface area contributed by atoms with Crippen molar-refractivity contribution in [2.75, 3.05) is 4.90 Å². The minimum atomic E-state index is -0.563. The SMILES string of the molecule is Cc1ccc(C)c(N2C(=O)/C(=C/c3ccc(-c4cccc(Cl)c4)o3)C(=O)NC2=S)c1. The Bertz CT molecular complexity index is 1230. The fraction of sp³-hybridized carbons (Fsp3) is 0.0870. The Balaban J connectivity index is 1.71. The summed E-state index contributed by atoms with van der Waals surface area (Å²) in [5.74, 6) is -0.113. The van der Waals surface area contributed by atoms with E-state index in [1.165, 1.54) is 11.0 Å². The maximum atomic E-state index is 13.2. The number of halogens is 1. The maximum Gasteiger partial charge on any atom is 0.270 e. The molecule has 2 aromatic carbocycles. The van der Waals surface area contributed by atoms with Gasteiger partial charge < -0.3 is 4.42 Å². The van der Waals surface area contributed by atoms with Crippen LogP contribution in [0.5, 0.6) is 0 Å². The lowest BCUT2D eigenvalue weighted by molar-refractivity contribution is -0.122. The monoisotopic (exact) mass is 436 g/mol. The van der Waals surface area contributed by atoms with Crippen molar-refractivity contribution >= 4 is 52.5 Å². The van der Waals surface area contributed by atoms with Crippen LogP contribution < -0.4 is 10.2 Å². The number of hydrogen-bond acceptors (Lipinski definition) is 4. The van der Waals surface area contributed by atoms with E-state index in [9.17, 15) is 9.59 Å². The Morgan fingerprint density at radius 2 is 1.87 bits per heavy atom. The number of rotatable bonds is 3. The molecule has 0 radical (unpaired) electrons. The average molecular weight is 437 g/mol. The number of carbonyl (C=O) groups excluding carboxylic acids is 2. The molecule has 150 valence electrons. The number of anilines is 1. The summed E-state index contributed by atoms with van der Waals surface area (Å²) in [5.41, 5.74) is 3.22. The van der Waals surface area contributed by atoms with Crippen LogP contribution in [0, 0.1) is 13.8 Å². The van der Waals surface area contributed by atoms with Crippen LogP contribution in [0.2, 0.25) is 5.02 Å². The van der Waals surface area contributed by atoms with Crippen molar-refractivity contribution in [3.05, 3.63) is 82.1 Å². The normalized spacial score (nSPS) is 15.6. The van der Waals surface area contributed by atoms with Gasteiger partial charge in [-0.25, -0.2) is 0 Å². The lowest BCUT2D eigenvalue weighted by Crippen LogP contribution is -2.54. The molecule has 0 bridgehead atoms. The minimum absolute atomic E-state index is 0.0508. The van der Waals surface area contributed by atoms with Gasteiger partial charge in [-0.3, -0.25) is 19.8 Å². The highest BCUT2D eigenvalue weighted by Gasteiger charge is 2.35. The van der Waals surface area contributed by atoms with Gasteiger partial charge in [0.15, 0.2) is 5.11 Å². The first-order valence-electron chi connectivity index (χ1n) is 9.18. The van der Waals surface area contributed by atoms with E-state index in [2.05, 4.69) is 5.32 Å². The molecule has 1 N–H and O–H groups in total. The van der Waals surface area contributed by atoms with E-state index in [1.807, 2.05) is 44.2 Å². The number of nitrogens with zero attached hydrogens (tertiary/aromatic N) is 1. The lowest BCUT2D eigenvalue weighted by Gasteiger charge is -2.30. The average Bonchev–Trinajstić information content (AvgIpc) is 3.16. The number of amides is 2. The van der Waals surface area contributed by atoms with E-state index in [-0.39, 0.29) is 10.7 Å². The Labute approximate surface area is 183 Å². The van der Waals surface area contributed by atoms with Crippen molar-refractivity contribution in [2.24, 2.45) is 0 Å². The molecule has 4 rings (SSSR count). The highest BCUT2D eigenvalue weighted by atomic mass is 35.5. The van der Waals surface area contributed by atoms with E-state index >= 15 is 0 Å². The van der Waals surface area contributed by atoms with E-state index in [1.54, 1.807) is 24.3 Å². The second kappa shape index (κ2) is 7.89. The van der Waals surface area contributed by atoms with Gasteiger partial charge in [0, 0.05) is 10.6 Å². The summed E-state index contributed by atoms with van der Waals surface area (Å²) >= 11 is 11.3. The fourth-order valence-corrected chi connectivity index (χ4v) is 3.67. The molecule has 5 nitrogen and oxygen atoms in total. The van der Waals surface area contributed by atoms with Crippen LogP contribution in [0.4, 0.5) is 5.69 Å². The van der Waals surface area contributed by atoms with Crippen LogP contribution in [0.15, 0.2) is 64.6 Å². The maximum absolute atomic E-state index is 13.2. The second-order valence-electron chi connectivity index (χ2n) is 6.96. The molecule has 0 aliphatic carbocycles. The summed E-state index contributed by atoms with van der Waals surface area (Å²) in [6.45, 7) is 3.81. The summed E-state index contributed by atoms with van der Waals surface area (Å²) in [6, 6.07) is 16.4. The molecule has 1 aromatic heterocycles. The molecule has 1 aliphatic rings. The second-order valence-corrected chi connectivity index (χ2v) is 7.78. The fourth-order valence-electron chi connectivity index (χ4n) is 3.21. The van der Waals surface area contributed by atoms with Gasteiger partial charge in [-0.2, -0.15) is 0 Å². The molecule has 3 aromatic rings. The first kappa shape index (κ1) is 20.1. The molecule has 1 aliphatic heterocycles. The Hall–Kier alpha value is -3.22. The Morgan fingerprint density at radius 1 is 1.07 bits per heavy atom. The number of furan rings is 1. The van der Waals surface area contributed by atoms with Crippen LogP contribution in [0.3, 0.4) is 0 Å². The van der Waals surface area contributed by atoms with Gasteiger partial charge in [-0.15, -0.1) is 0 Å². The van der Waals surface area contributed by atoms with Crippen LogP contribution in [0.25, 0.3) is 17.4 Å². The minimum Gasteiger partial charge on any atom is -0.457 e. The van der Waals surface area contributed by atoms with Crippen LogP contribution >= 0.6 is 23.8 Å². The zero-order valence-electron chi connectivity index (χ0n) is 16.2. The van der Waals surface area contributed by atoms with Gasteiger partial charge in [-0.1, -0.05) is 35.9 Å². The number of thiocarbonyl (C=S) groups is 1. The summed E-state index contributed by atoms with van der Waals surface area (Å²) in [4.78, 5) is 27.0. The third kappa shape index (κ3) is 3.79. The third-order valence-corrected chi connectivity index (χ3v) is 5.25. The van der Waals surface area contributed by atoms with Crippen molar-refractivity contribution in [1.82, 2.24) is 5.32 Å². The summed E-state index contributed by atoms with van der Waals surface area (Å²) in [6.07, 6.45) is 1.42. The molecule has 2 amide bonds. The van der Waals surface area contributed by atoms with Gasteiger partial charge in [-0.05, 0) is 73.6 Å². The van der Waals surface area contributed by atoms with Crippen LogP contribution in [-0.2, 0) is 9.59 Å². The molecule has 1 fully saturated rings. The Morgan fingerprint density at radius 3 is 2.63 bits per heavy atom. The predicted molar refractivity (Wildman–Crippen MR) is 121 cm³/mol. The van der Waals surface area contributed by atoms with E-state index < -0.39 is 11.8 Å². The molecule has 2 heterocycles. The van der Waals surface area contributed by atoms with Crippen molar-refractivity contribution in [1.29, 1.82) is 0 Å². The number of benzene rings is 2. The van der Waals surface area contributed by atoms with Gasteiger partial charge >= 0.3 is 0 Å². The number of hydrogen-bond donors (Lipinski definition) is 1. The number of aryl methyl sites for hydroxylation is 2. The van der Waals surface area contributed by atoms with Gasteiger partial charge in [0.1, 0.15) is 17.1 Å². The quantitative estimate of drug-likeness (QED) is 0.354. The van der Waals surface area contributed by atoms with Gasteiger partial charge in [0.2, 0.25) is 0 Å². The summed E-state index contributed by atoms with van der Waals surface area (Å²) in [7, 11) is 0. The molecular weight excluding hydrogens is 420 g/mol. The van der Waals surface area contributed by atoms with Crippen molar-refractivity contribution in [2.45, 2.75) is 13.8 Å². The summed E-state index contributed by atoms with van der Waals surface area (Å²) < 4.78 is 5.82. The van der Waals surface area contributed by atoms with E-state index in [0.29, 0.717) is 22.2 Å². The highest BCUT2D eigenvalue weighted by molar-refractivity contribution is 7.80. The molecule has 0 saturated carbocycles. The van der Waals surface area contributed by atoms with Crippen molar-refractivity contribution in [3.63, 3.8) is 0 Å². The molecule has 7 heteroatoms. The van der Waals surface area contributed by atoms with Gasteiger partial charge in [0.05, 0.1) is 5.69 Å².